The molecule has 0 radical (unpaired) electrons. The first-order chi connectivity index (χ1) is 15.5. The van der Waals surface area contributed by atoms with Gasteiger partial charge in [0.1, 0.15) is 0 Å². The minimum atomic E-state index is 0.456. The third-order valence-corrected chi connectivity index (χ3v) is 5.82. The third-order valence-electron chi connectivity index (χ3n) is 4.34. The van der Waals surface area contributed by atoms with Crippen LogP contribution >= 0.6 is 46.4 Å². The number of rotatable bonds is 6. The molecule has 160 valence electrons. The van der Waals surface area contributed by atoms with Crippen LogP contribution in [0.5, 0.6) is 0 Å². The van der Waals surface area contributed by atoms with E-state index in [9.17, 15) is 0 Å². The summed E-state index contributed by atoms with van der Waals surface area (Å²) in [6.07, 6.45) is 3.23. The first-order valence-electron chi connectivity index (χ1n) is 9.25. The smallest absolute Gasteiger partial charge is 0.176 e. The topological polar surface area (TPSA) is 74.6 Å². The molecule has 4 rings (SSSR count). The molecule has 0 unspecified atom stereocenters. The zero-order valence-corrected chi connectivity index (χ0v) is 19.3. The molecule has 4 aromatic rings. The summed E-state index contributed by atoms with van der Waals surface area (Å²) in [5.74, 6) is 0.992. The highest BCUT2D eigenvalue weighted by atomic mass is 35.5. The standard InChI is InChI=1S/C22H14Cl4N6/c23-17-7-5-13(9-19(17)25)11-27-29-21-15-3-1-2-4-16(15)22(32-31-21)30-28-12-14-6-8-18(24)20(26)10-14/h1-12H,(H,29,31)(H,30,32)/b27-11-,28-12-. The van der Waals surface area contributed by atoms with E-state index in [1.807, 2.05) is 36.4 Å². The Labute approximate surface area is 203 Å². The van der Waals surface area contributed by atoms with E-state index in [0.29, 0.717) is 31.7 Å². The molecule has 2 N–H and O–H groups in total. The molecule has 0 saturated carbocycles. The Hall–Kier alpha value is -2.90. The number of hydrogen-bond acceptors (Lipinski definition) is 6. The summed E-state index contributed by atoms with van der Waals surface area (Å²) in [6.45, 7) is 0. The van der Waals surface area contributed by atoms with Crippen molar-refractivity contribution in [1.29, 1.82) is 0 Å². The summed E-state index contributed by atoms with van der Waals surface area (Å²) in [4.78, 5) is 0. The van der Waals surface area contributed by atoms with Gasteiger partial charge in [-0.3, -0.25) is 10.9 Å². The number of nitrogens with one attached hydrogen (secondary N) is 2. The van der Waals surface area contributed by atoms with Gasteiger partial charge < -0.3 is 0 Å². The maximum Gasteiger partial charge on any atom is 0.176 e. The molecular formula is C22H14Cl4N6. The highest BCUT2D eigenvalue weighted by Gasteiger charge is 2.08. The molecule has 0 aliphatic rings. The van der Waals surface area contributed by atoms with Crippen molar-refractivity contribution in [1.82, 2.24) is 10.2 Å². The average molecular weight is 504 g/mol. The molecule has 0 aliphatic heterocycles. The number of hydrogen-bond donors (Lipinski definition) is 2. The van der Waals surface area contributed by atoms with Crippen molar-refractivity contribution in [2.24, 2.45) is 10.2 Å². The summed E-state index contributed by atoms with van der Waals surface area (Å²) in [5.41, 5.74) is 7.42. The summed E-state index contributed by atoms with van der Waals surface area (Å²) in [6, 6.07) is 18.1. The van der Waals surface area contributed by atoms with E-state index in [0.717, 1.165) is 21.9 Å². The molecule has 0 bridgehead atoms. The van der Waals surface area contributed by atoms with Crippen molar-refractivity contribution in [3.63, 3.8) is 0 Å². The van der Waals surface area contributed by atoms with Gasteiger partial charge in [0.15, 0.2) is 11.6 Å². The van der Waals surface area contributed by atoms with E-state index in [-0.39, 0.29) is 0 Å². The first-order valence-corrected chi connectivity index (χ1v) is 10.8. The number of fused-ring (bicyclic) bond motifs is 1. The lowest BCUT2D eigenvalue weighted by Crippen LogP contribution is -2.01. The van der Waals surface area contributed by atoms with E-state index in [1.54, 1.807) is 36.7 Å². The zero-order chi connectivity index (χ0) is 22.5. The molecule has 1 aromatic heterocycles. The third kappa shape index (κ3) is 5.29. The maximum absolute atomic E-state index is 6.03. The second kappa shape index (κ2) is 10.1. The summed E-state index contributed by atoms with van der Waals surface area (Å²) >= 11 is 23.9. The van der Waals surface area contributed by atoms with Gasteiger partial charge in [0, 0.05) is 10.8 Å². The minimum absolute atomic E-state index is 0.456. The molecule has 0 amide bonds. The van der Waals surface area contributed by atoms with Crippen molar-refractivity contribution < 1.29 is 0 Å². The number of benzene rings is 3. The fraction of sp³-hybridized carbons (Fsp3) is 0. The van der Waals surface area contributed by atoms with Gasteiger partial charge in [-0.15, -0.1) is 10.2 Å². The van der Waals surface area contributed by atoms with Gasteiger partial charge in [0.05, 0.1) is 32.5 Å². The van der Waals surface area contributed by atoms with Crippen LogP contribution in [0, 0.1) is 0 Å². The van der Waals surface area contributed by atoms with Crippen LogP contribution in [-0.2, 0) is 0 Å². The molecule has 0 spiro atoms. The lowest BCUT2D eigenvalue weighted by atomic mass is 10.2. The fourth-order valence-electron chi connectivity index (χ4n) is 2.79. The number of aromatic nitrogens is 2. The van der Waals surface area contributed by atoms with Gasteiger partial charge in [-0.05, 0) is 35.4 Å². The van der Waals surface area contributed by atoms with E-state index in [1.165, 1.54) is 0 Å². The van der Waals surface area contributed by atoms with Crippen LogP contribution in [0.1, 0.15) is 11.1 Å². The van der Waals surface area contributed by atoms with Crippen molar-refractivity contribution >= 4 is 81.2 Å². The number of anilines is 2. The highest BCUT2D eigenvalue weighted by molar-refractivity contribution is 6.42. The number of halogens is 4. The second-order valence-corrected chi connectivity index (χ2v) is 8.16. The quantitative estimate of drug-likeness (QED) is 0.216. The van der Waals surface area contributed by atoms with Gasteiger partial charge in [0.2, 0.25) is 0 Å². The predicted octanol–water partition coefficient (Wildman–Crippen LogP) is 7.14. The van der Waals surface area contributed by atoms with Crippen LogP contribution in [0.4, 0.5) is 11.6 Å². The van der Waals surface area contributed by atoms with Gasteiger partial charge >= 0.3 is 0 Å². The number of hydrazone groups is 2. The van der Waals surface area contributed by atoms with Gasteiger partial charge in [0.25, 0.3) is 0 Å². The summed E-state index contributed by atoms with van der Waals surface area (Å²) in [7, 11) is 0. The normalized spacial score (nSPS) is 11.5. The summed E-state index contributed by atoms with van der Waals surface area (Å²) in [5, 5.41) is 20.4. The minimum Gasteiger partial charge on any atom is -0.259 e. The SMILES string of the molecule is Clc1ccc(/C=N\Nc2nnc(N/N=C\c3ccc(Cl)c(Cl)c3)c3ccccc23)cc1Cl. The fourth-order valence-corrected chi connectivity index (χ4v) is 3.40. The highest BCUT2D eigenvalue weighted by Crippen LogP contribution is 2.26. The lowest BCUT2D eigenvalue weighted by Gasteiger charge is -2.08. The van der Waals surface area contributed by atoms with Crippen LogP contribution in [0.2, 0.25) is 20.1 Å². The second-order valence-electron chi connectivity index (χ2n) is 6.53. The van der Waals surface area contributed by atoms with Crippen LogP contribution in [-0.4, -0.2) is 22.6 Å². The Kier molecular flexibility index (Phi) is 7.07. The van der Waals surface area contributed by atoms with Crippen molar-refractivity contribution in [2.45, 2.75) is 0 Å². The van der Waals surface area contributed by atoms with Crippen molar-refractivity contribution in [3.8, 4) is 0 Å². The molecule has 1 heterocycles. The lowest BCUT2D eigenvalue weighted by molar-refractivity contribution is 1.03. The Morgan fingerprint density at radius 2 is 1.03 bits per heavy atom. The van der Waals surface area contributed by atoms with E-state index < -0.39 is 0 Å². The Morgan fingerprint density at radius 3 is 1.44 bits per heavy atom. The van der Waals surface area contributed by atoms with Crippen LogP contribution < -0.4 is 10.9 Å². The van der Waals surface area contributed by atoms with Crippen LogP contribution in [0.3, 0.4) is 0 Å². The largest absolute Gasteiger partial charge is 0.259 e. The Balaban J connectivity index is 1.53. The Morgan fingerprint density at radius 1 is 0.594 bits per heavy atom. The Bertz CT molecular complexity index is 1240. The molecule has 0 atom stereocenters. The molecule has 6 nitrogen and oxygen atoms in total. The van der Waals surface area contributed by atoms with Crippen LogP contribution in [0.15, 0.2) is 70.9 Å². The molecule has 10 heteroatoms. The monoisotopic (exact) mass is 502 g/mol. The van der Waals surface area contributed by atoms with E-state index in [2.05, 4.69) is 31.3 Å². The van der Waals surface area contributed by atoms with Gasteiger partial charge in [-0.1, -0.05) is 82.8 Å². The average Bonchev–Trinajstić information content (AvgIpc) is 2.79. The molecule has 0 fully saturated rings. The van der Waals surface area contributed by atoms with E-state index >= 15 is 0 Å². The first kappa shape index (κ1) is 22.3. The van der Waals surface area contributed by atoms with Crippen molar-refractivity contribution in [2.75, 3.05) is 10.9 Å². The van der Waals surface area contributed by atoms with Crippen molar-refractivity contribution in [3.05, 3.63) is 91.9 Å². The maximum atomic E-state index is 6.03. The predicted molar refractivity (Wildman–Crippen MR) is 135 cm³/mol. The zero-order valence-electron chi connectivity index (χ0n) is 16.2. The molecular weight excluding hydrogens is 490 g/mol. The molecule has 0 saturated heterocycles. The van der Waals surface area contributed by atoms with Crippen LogP contribution in [0.25, 0.3) is 10.8 Å². The molecule has 3 aromatic carbocycles. The molecule has 0 aliphatic carbocycles. The van der Waals surface area contributed by atoms with Gasteiger partial charge in [-0.2, -0.15) is 10.2 Å². The summed E-state index contributed by atoms with van der Waals surface area (Å²) < 4.78 is 0. The van der Waals surface area contributed by atoms with E-state index in [4.69, 9.17) is 46.4 Å². The number of nitrogens with zero attached hydrogens (tertiary/aromatic N) is 4. The molecule has 32 heavy (non-hydrogen) atoms. The van der Waals surface area contributed by atoms with Gasteiger partial charge in [-0.25, -0.2) is 0 Å².